The van der Waals surface area contributed by atoms with E-state index in [-0.39, 0.29) is 23.6 Å². The van der Waals surface area contributed by atoms with E-state index in [0.717, 1.165) is 25.8 Å². The van der Waals surface area contributed by atoms with Gasteiger partial charge in [0.15, 0.2) is 6.10 Å². The molecule has 0 unspecified atom stereocenters. The predicted molar refractivity (Wildman–Crippen MR) is 80.3 cm³/mol. The Morgan fingerprint density at radius 3 is 2.68 bits per heavy atom. The van der Waals surface area contributed by atoms with Crippen molar-refractivity contribution in [2.75, 3.05) is 6.54 Å². The molecule has 2 heterocycles. The van der Waals surface area contributed by atoms with Crippen molar-refractivity contribution >= 4 is 11.9 Å². The van der Waals surface area contributed by atoms with E-state index in [4.69, 9.17) is 9.26 Å². The van der Waals surface area contributed by atoms with Crippen LogP contribution in [-0.4, -0.2) is 40.6 Å². The molecule has 22 heavy (non-hydrogen) atoms. The van der Waals surface area contributed by atoms with Gasteiger partial charge in [0.05, 0.1) is 5.69 Å². The molecule has 0 aliphatic carbocycles. The number of hydrogen-bond acceptors (Lipinski definition) is 5. The van der Waals surface area contributed by atoms with Gasteiger partial charge in [-0.1, -0.05) is 19.0 Å². The number of hydrogen-bond donors (Lipinski definition) is 0. The second-order valence-corrected chi connectivity index (χ2v) is 6.28. The zero-order chi connectivity index (χ0) is 16.3. The summed E-state index contributed by atoms with van der Waals surface area (Å²) in [6.45, 7) is 8.23. The van der Waals surface area contributed by atoms with E-state index in [2.05, 4.69) is 5.16 Å². The Bertz CT molecular complexity index is 538. The second-order valence-electron chi connectivity index (χ2n) is 6.28. The topological polar surface area (TPSA) is 72.6 Å². The number of esters is 1. The molecule has 0 N–H and O–H groups in total. The molecule has 6 nitrogen and oxygen atoms in total. The fourth-order valence-electron chi connectivity index (χ4n) is 2.69. The van der Waals surface area contributed by atoms with Crippen molar-refractivity contribution in [1.29, 1.82) is 0 Å². The van der Waals surface area contributed by atoms with Crippen molar-refractivity contribution in [3.63, 3.8) is 0 Å². The third kappa shape index (κ3) is 3.67. The minimum absolute atomic E-state index is 0.0302. The average Bonchev–Trinajstić information content (AvgIpc) is 2.90. The first-order valence-corrected chi connectivity index (χ1v) is 7.85. The largest absolute Gasteiger partial charge is 0.446 e. The molecule has 1 fully saturated rings. The molecule has 122 valence electrons. The number of likely N-dealkylation sites (tertiary alicyclic amines) is 1. The lowest BCUT2D eigenvalue weighted by Gasteiger charge is -2.36. The SMILES string of the molecule is Cc1cc(C(=O)O[C@@H](C(=O)N2CCCC[C@@H]2C)C(C)C)on1. The van der Waals surface area contributed by atoms with Crippen LogP contribution in [0.5, 0.6) is 0 Å². The first-order chi connectivity index (χ1) is 10.4. The highest BCUT2D eigenvalue weighted by atomic mass is 16.6. The van der Waals surface area contributed by atoms with Crippen molar-refractivity contribution in [2.24, 2.45) is 5.92 Å². The zero-order valence-electron chi connectivity index (χ0n) is 13.7. The molecule has 0 radical (unpaired) electrons. The molecule has 1 aromatic rings. The molecule has 2 atom stereocenters. The summed E-state index contributed by atoms with van der Waals surface area (Å²) >= 11 is 0. The molecule has 1 aliphatic heterocycles. The van der Waals surface area contributed by atoms with E-state index in [1.807, 2.05) is 25.7 Å². The van der Waals surface area contributed by atoms with Gasteiger partial charge in [0.2, 0.25) is 5.76 Å². The number of piperidine rings is 1. The van der Waals surface area contributed by atoms with Crippen LogP contribution in [0.3, 0.4) is 0 Å². The summed E-state index contributed by atoms with van der Waals surface area (Å²) in [5.41, 5.74) is 0.601. The van der Waals surface area contributed by atoms with Crippen LogP contribution in [0.1, 0.15) is 56.3 Å². The fourth-order valence-corrected chi connectivity index (χ4v) is 2.69. The lowest BCUT2D eigenvalue weighted by atomic mass is 10.00. The number of ether oxygens (including phenoxy) is 1. The molecular weight excluding hydrogens is 284 g/mol. The third-order valence-corrected chi connectivity index (χ3v) is 4.00. The van der Waals surface area contributed by atoms with Crippen LogP contribution < -0.4 is 0 Å². The summed E-state index contributed by atoms with van der Waals surface area (Å²) in [6.07, 6.45) is 2.33. The number of amides is 1. The van der Waals surface area contributed by atoms with E-state index in [9.17, 15) is 9.59 Å². The quantitative estimate of drug-likeness (QED) is 0.799. The maximum absolute atomic E-state index is 12.7. The number of carbonyl (C=O) groups excluding carboxylic acids is 2. The fraction of sp³-hybridized carbons (Fsp3) is 0.688. The van der Waals surface area contributed by atoms with Crippen LogP contribution in [0, 0.1) is 12.8 Å². The van der Waals surface area contributed by atoms with E-state index in [1.54, 1.807) is 6.92 Å². The Balaban J connectivity index is 2.09. The van der Waals surface area contributed by atoms with Gasteiger partial charge >= 0.3 is 5.97 Å². The summed E-state index contributed by atoms with van der Waals surface area (Å²) in [5.74, 6) is -0.832. The second kappa shape index (κ2) is 6.94. The lowest BCUT2D eigenvalue weighted by Crippen LogP contribution is -2.49. The molecular formula is C16H24N2O4. The number of aromatic nitrogens is 1. The molecule has 1 saturated heterocycles. The molecule has 1 aliphatic rings. The van der Waals surface area contributed by atoms with Crippen LogP contribution in [0.4, 0.5) is 0 Å². The van der Waals surface area contributed by atoms with Crippen molar-refractivity contribution in [3.05, 3.63) is 17.5 Å². The van der Waals surface area contributed by atoms with Gasteiger partial charge in [0, 0.05) is 18.7 Å². The smallest absolute Gasteiger partial charge is 0.377 e. The van der Waals surface area contributed by atoms with Gasteiger partial charge in [-0.25, -0.2) is 4.79 Å². The summed E-state index contributed by atoms with van der Waals surface area (Å²) in [7, 11) is 0. The van der Waals surface area contributed by atoms with Gasteiger partial charge in [0.25, 0.3) is 5.91 Å². The first kappa shape index (κ1) is 16.5. The number of rotatable bonds is 4. The van der Waals surface area contributed by atoms with Crippen molar-refractivity contribution in [2.45, 2.75) is 59.1 Å². The maximum Gasteiger partial charge on any atom is 0.377 e. The highest BCUT2D eigenvalue weighted by Crippen LogP contribution is 2.21. The summed E-state index contributed by atoms with van der Waals surface area (Å²) in [6, 6.07) is 1.70. The van der Waals surface area contributed by atoms with E-state index in [0.29, 0.717) is 5.69 Å². The molecule has 1 aromatic heterocycles. The van der Waals surface area contributed by atoms with Crippen molar-refractivity contribution in [3.8, 4) is 0 Å². The summed E-state index contributed by atoms with van der Waals surface area (Å²) < 4.78 is 10.3. The Labute approximate surface area is 130 Å². The Morgan fingerprint density at radius 1 is 1.41 bits per heavy atom. The van der Waals surface area contributed by atoms with Crippen LogP contribution in [0.2, 0.25) is 0 Å². The van der Waals surface area contributed by atoms with E-state index >= 15 is 0 Å². The minimum atomic E-state index is -0.793. The normalized spacial score (nSPS) is 20.0. The molecule has 1 amide bonds. The van der Waals surface area contributed by atoms with E-state index < -0.39 is 12.1 Å². The van der Waals surface area contributed by atoms with Crippen LogP contribution in [0.25, 0.3) is 0 Å². The number of nitrogens with zero attached hydrogens (tertiary/aromatic N) is 2. The Kier molecular flexibility index (Phi) is 5.21. The summed E-state index contributed by atoms with van der Waals surface area (Å²) in [5, 5.41) is 3.67. The molecule has 0 bridgehead atoms. The maximum atomic E-state index is 12.7. The lowest BCUT2D eigenvalue weighted by molar-refractivity contribution is -0.146. The average molecular weight is 308 g/mol. The molecule has 0 aromatic carbocycles. The molecule has 0 saturated carbocycles. The number of carbonyl (C=O) groups is 2. The van der Waals surface area contributed by atoms with Crippen LogP contribution in [-0.2, 0) is 9.53 Å². The van der Waals surface area contributed by atoms with Crippen LogP contribution >= 0.6 is 0 Å². The van der Waals surface area contributed by atoms with E-state index in [1.165, 1.54) is 6.07 Å². The van der Waals surface area contributed by atoms with Gasteiger partial charge in [0.1, 0.15) is 0 Å². The Hall–Kier alpha value is -1.85. The standard InChI is InChI=1S/C16H24N2O4/c1-10(2)14(15(19)18-8-6-5-7-12(18)4)21-16(20)13-9-11(3)17-22-13/h9-10,12,14H,5-8H2,1-4H3/t12-,14+/m0/s1. The zero-order valence-corrected chi connectivity index (χ0v) is 13.7. The van der Waals surface area contributed by atoms with Gasteiger partial charge in [-0.05, 0) is 39.0 Å². The van der Waals surface area contributed by atoms with Gasteiger partial charge in [-0.15, -0.1) is 0 Å². The molecule has 6 heteroatoms. The predicted octanol–water partition coefficient (Wildman–Crippen LogP) is 2.57. The summed E-state index contributed by atoms with van der Waals surface area (Å²) in [4.78, 5) is 26.7. The minimum Gasteiger partial charge on any atom is -0.446 e. The van der Waals surface area contributed by atoms with Crippen molar-refractivity contribution in [1.82, 2.24) is 10.1 Å². The van der Waals surface area contributed by atoms with Crippen molar-refractivity contribution < 1.29 is 18.8 Å². The van der Waals surface area contributed by atoms with Gasteiger partial charge in [-0.3, -0.25) is 4.79 Å². The first-order valence-electron chi connectivity index (χ1n) is 7.85. The highest BCUT2D eigenvalue weighted by Gasteiger charge is 2.34. The molecule has 0 spiro atoms. The van der Waals surface area contributed by atoms with Crippen LogP contribution in [0.15, 0.2) is 10.6 Å². The Morgan fingerprint density at radius 2 is 2.14 bits per heavy atom. The highest BCUT2D eigenvalue weighted by molar-refractivity contribution is 5.90. The molecule has 2 rings (SSSR count). The number of aryl methyl sites for hydroxylation is 1. The van der Waals surface area contributed by atoms with Gasteiger partial charge < -0.3 is 14.2 Å². The monoisotopic (exact) mass is 308 g/mol. The van der Waals surface area contributed by atoms with Gasteiger partial charge in [-0.2, -0.15) is 0 Å². The third-order valence-electron chi connectivity index (χ3n) is 4.00.